The van der Waals surface area contributed by atoms with Gasteiger partial charge in [0.2, 0.25) is 0 Å². The summed E-state index contributed by atoms with van der Waals surface area (Å²) in [4.78, 5) is 0. The Kier molecular flexibility index (Phi) is 8.18. The van der Waals surface area contributed by atoms with Crippen molar-refractivity contribution in [2.24, 2.45) is 0 Å². The molecule has 147 heavy (non-hydrogen) atoms. The molecule has 0 atom stereocenters. The largest absolute Gasteiger partial charge is 0.455 e. The molecule has 31 aromatic rings. The van der Waals surface area contributed by atoms with Crippen molar-refractivity contribution in [2.45, 2.75) is 0 Å². The molecule has 3 aromatic heterocycles. The second kappa shape index (κ2) is 34.8. The summed E-state index contributed by atoms with van der Waals surface area (Å²) < 4.78 is 810. The van der Waals surface area contributed by atoms with E-state index in [0.717, 1.165) is 0 Å². The van der Waals surface area contributed by atoms with Gasteiger partial charge in [0.1, 0.15) is 33.5 Å². The van der Waals surface area contributed by atoms with Gasteiger partial charge in [-0.15, -0.1) is 0 Å². The summed E-state index contributed by atoms with van der Waals surface area (Å²) in [6.45, 7) is 0. The molecule has 0 bridgehead atoms. The number of rotatable bonds is 10. The minimum absolute atomic E-state index is 0.387. The molecule has 0 saturated carbocycles. The van der Waals surface area contributed by atoms with Crippen LogP contribution in [-0.2, 0) is 0 Å². The Hall–Kier alpha value is -19.3. The van der Waals surface area contributed by atoms with Gasteiger partial charge in [-0.25, -0.2) is 0 Å². The van der Waals surface area contributed by atoms with Gasteiger partial charge in [-0.3, -0.25) is 0 Å². The topological polar surface area (TPSA) is 39.4 Å². The lowest BCUT2D eigenvalue weighted by molar-refractivity contribution is 0.672. The molecule has 0 aliphatic heterocycles. The molecule has 0 saturated heterocycles. The van der Waals surface area contributed by atoms with E-state index in [0.29, 0.717) is 0 Å². The molecular formula is C144H88O3. The predicted molar refractivity (Wildman–Crippen MR) is 626 cm³/mol. The average Bonchev–Trinajstić information content (AvgIpc) is 1.23. The van der Waals surface area contributed by atoms with Gasteiger partial charge in [0.15, 0.2) is 0 Å². The van der Waals surface area contributed by atoms with Crippen LogP contribution in [0.1, 0.15) is 121 Å². The van der Waals surface area contributed by atoms with Crippen LogP contribution >= 0.6 is 0 Å². The summed E-state index contributed by atoms with van der Waals surface area (Å²) in [5.41, 5.74) is -19.3. The first-order valence-electron chi connectivity index (χ1n) is 87.5. The Balaban J connectivity index is 0.000000147. The zero-order valence-electron chi connectivity index (χ0n) is 161. The van der Waals surface area contributed by atoms with Gasteiger partial charge in [0.05, 0.1) is 121 Å². The lowest BCUT2D eigenvalue weighted by Gasteiger charge is -2.19. The lowest BCUT2D eigenvalue weighted by atomic mass is 9.83. The molecule has 0 aliphatic carbocycles. The summed E-state index contributed by atoms with van der Waals surface area (Å²) in [5, 5.41) is -18.2. The Morgan fingerprint density at radius 2 is 0.333 bits per heavy atom. The maximum atomic E-state index is 9.83. The molecule has 3 heteroatoms. The van der Waals surface area contributed by atoms with E-state index in [2.05, 4.69) is 0 Å². The molecule has 0 unspecified atom stereocenters. The van der Waals surface area contributed by atoms with E-state index in [1.165, 1.54) is 0 Å². The molecule has 0 amide bonds. The van der Waals surface area contributed by atoms with Crippen molar-refractivity contribution < 1.29 is 134 Å². The molecule has 0 aliphatic rings. The monoisotopic (exact) mass is 1950 g/mol. The second-order valence-electron chi connectivity index (χ2n) is 32.0. The molecule has 0 N–H and O–H groups in total. The van der Waals surface area contributed by atoms with Crippen molar-refractivity contribution in [3.05, 3.63) is 532 Å². The minimum Gasteiger partial charge on any atom is -0.455 e. The maximum absolute atomic E-state index is 9.83. The zero-order chi connectivity index (χ0) is 173. The summed E-state index contributed by atoms with van der Waals surface area (Å²) in [7, 11) is 0. The highest BCUT2D eigenvalue weighted by Gasteiger charge is 2.25. The fourth-order valence-electron chi connectivity index (χ4n) is 17.7. The highest BCUT2D eigenvalue weighted by Crippen LogP contribution is 2.52. The van der Waals surface area contributed by atoms with E-state index in [1.54, 1.807) is 0 Å². The SMILES string of the molecule is [2H]c1c([2H])c(-c2c3c([2H])c([2H])c([2H])c([2H])c3c(-c3c([2H])c([2H])c4c([2H])c([2H])c([2H])c([2H])c4c3[2H])c3c([2H])c([2H])c([2H])c([2H])c23)c([2H])c([2H])c1-c1c([2H])c([2H])c2oc3c4c([2H])c([2H])c([2H])c([2H])c4c([2H])c([2H])c3c2c1[2H].[2H]c1c([2H])c(-c2c3c([2H])c([2H])c([2H])c([2H])c3c(-c3c([2H])c4c([2H])c([2H])c([2H])c([2H])c4c4c([2H])c([2H])c([2H])c([2H])c34)c3c([2H])c([2H])c([2H])c([2H])c23)c([2H])c([2H])c1-c1c([2H])c([2H])c2oc3c4c([2H])c([2H])c([2H])c([2H])c4c([2H])c([2H])c3c2c1[2H].[2H]c1c([2H])c([2H])c(-c2c([2H])c([2H])c(-c3c4c([2H])c([2H])c([2H])c([2H])c4c(-c4c([2H])c([2H])c(-c5c([2H])c([2H])c6oc7c8c([2H])c([2H])c([2H])c([2H])c8c([2H])c([2H])c7c6c5[2H])c([2H])c4[2H])c4c([2H])c([2H])c([2H])c([2H])c34)c([2H])c2[2H])c([2H])c1[2H]. The van der Waals surface area contributed by atoms with Gasteiger partial charge >= 0.3 is 0 Å². The van der Waals surface area contributed by atoms with E-state index in [4.69, 9.17) is 84.5 Å². The maximum Gasteiger partial charge on any atom is 0.143 e. The van der Waals surface area contributed by atoms with Crippen LogP contribution in [-0.4, -0.2) is 0 Å². The number of hydrogen-bond acceptors (Lipinski definition) is 3. The van der Waals surface area contributed by atoms with Crippen molar-refractivity contribution in [2.75, 3.05) is 0 Å². The van der Waals surface area contributed by atoms with Crippen LogP contribution in [0.2, 0.25) is 0 Å². The number of furan rings is 3. The molecule has 31 rings (SSSR count). The highest BCUT2D eigenvalue weighted by molar-refractivity contribution is 6.29. The third-order valence-electron chi connectivity index (χ3n) is 24.1. The molecule has 3 nitrogen and oxygen atoms in total. The molecule has 0 radical (unpaired) electrons. The average molecular weight is 1950 g/mol. The molecule has 682 valence electrons. The first-order valence-corrected chi connectivity index (χ1v) is 43.5. The minimum atomic E-state index is -1.14. The van der Waals surface area contributed by atoms with Gasteiger partial charge in [-0.1, -0.05) is 465 Å². The molecular weight excluding hydrogens is 1780 g/mol. The van der Waals surface area contributed by atoms with E-state index in [1.807, 2.05) is 0 Å². The van der Waals surface area contributed by atoms with Crippen LogP contribution in [0.5, 0.6) is 0 Å². The Bertz CT molecular complexity index is 16400. The van der Waals surface area contributed by atoms with Crippen LogP contribution in [0.4, 0.5) is 0 Å². The van der Waals surface area contributed by atoms with Crippen LogP contribution in [0.15, 0.2) is 545 Å². The van der Waals surface area contributed by atoms with Crippen LogP contribution in [0, 0.1) is 0 Å². The van der Waals surface area contributed by atoms with Gasteiger partial charge in [0, 0.05) is 48.5 Å². The van der Waals surface area contributed by atoms with Crippen LogP contribution < -0.4 is 0 Å². The third-order valence-corrected chi connectivity index (χ3v) is 24.1. The standard InChI is InChI=1S/C50H30O.C48H30O.C46H28O/c1-4-14-37-32(11-1)25-27-44-45-29-34(26-28-47(45)51-50(37)44)31-21-23-33(24-22-31)48-40-17-7-9-19-42(40)49(43-20-10-8-18-41(43)48)46-30-35-12-2-3-13-36(35)38-15-5-6-16-39(38)46;1-2-10-31(11-3-1)32-18-22-35(23-19-32)46-39-14-6-8-16-41(39)47(42-17-9-7-15-40(42)46)36-24-20-33(21-25-36)37-27-29-45-44(30-37)43-28-26-34-12-4-5-13-38(34)48(43)49-45;1-2-11-33-27-35(22-19-29(33)9-1)45-39-15-7-5-13-37(39)44(38-14-6-8-16-40(38)45)32-20-17-30(18-21-32)34-24-26-43-42(28-34)41-25-23-31-10-3-4-12-36(31)46(41)47-43/h1-30H;1-30H;1-28H/i2*1D,2D,3D,4D,5D,6D,7D,8D,9D,10D,11D,12D,13D,14D,15D,16D,17D,18D,19D,20D,21D,22D,23D,24D,25D,26D,27D,28D,29D,30D;1D,2D,3D,4D,5D,6D,7D,8D,9D,10D,11D,12D,13D,14D,15D,16D,17D,18D,19D,20D,21D,22D,23D,24D,25D,26D,27D,28D. The van der Waals surface area contributed by atoms with Gasteiger partial charge in [-0.05, 0) is 291 Å². The van der Waals surface area contributed by atoms with Crippen molar-refractivity contribution in [3.63, 3.8) is 0 Å². The summed E-state index contributed by atoms with van der Waals surface area (Å²) >= 11 is 0. The third kappa shape index (κ3) is 14.3. The number of benzene rings is 28. The number of hydrogen-bond donors (Lipinski definition) is 0. The van der Waals surface area contributed by atoms with Gasteiger partial charge in [0.25, 0.3) is 0 Å². The van der Waals surface area contributed by atoms with Crippen molar-refractivity contribution in [1.82, 2.24) is 0 Å². The summed E-state index contributed by atoms with van der Waals surface area (Å²) in [5.74, 6) is 0. The fraction of sp³-hybridized carbons (Fsp3) is 0. The normalized spacial score (nSPS) is 20.2. The van der Waals surface area contributed by atoms with Gasteiger partial charge in [-0.2, -0.15) is 0 Å². The fourth-order valence-corrected chi connectivity index (χ4v) is 17.7. The molecule has 28 aromatic carbocycles. The van der Waals surface area contributed by atoms with E-state index in [9.17, 15) is 49.3 Å². The van der Waals surface area contributed by atoms with Crippen molar-refractivity contribution in [3.8, 4) is 111 Å². The first-order chi connectivity index (χ1) is 110. The predicted octanol–water partition coefficient (Wildman–Crippen LogP) is 41.3. The van der Waals surface area contributed by atoms with Crippen molar-refractivity contribution >= 4 is 195 Å². The summed E-state index contributed by atoms with van der Waals surface area (Å²) in [6.07, 6.45) is 0. The second-order valence-corrected chi connectivity index (χ2v) is 32.0. The Morgan fingerprint density at radius 1 is 0.109 bits per heavy atom. The lowest BCUT2D eigenvalue weighted by Crippen LogP contribution is -1.92. The van der Waals surface area contributed by atoms with Crippen LogP contribution in [0.25, 0.3) is 306 Å². The van der Waals surface area contributed by atoms with Crippen molar-refractivity contribution in [1.29, 1.82) is 0 Å². The van der Waals surface area contributed by atoms with Gasteiger partial charge < -0.3 is 13.3 Å². The zero-order valence-corrected chi connectivity index (χ0v) is 73.2. The smallest absolute Gasteiger partial charge is 0.143 e. The summed E-state index contributed by atoms with van der Waals surface area (Å²) in [6, 6.07) is -81.9. The van der Waals surface area contributed by atoms with E-state index >= 15 is 0 Å². The van der Waals surface area contributed by atoms with Crippen LogP contribution in [0.3, 0.4) is 0 Å². The Labute approximate surface area is 970 Å². The quantitative estimate of drug-likeness (QED) is 0.101. The Morgan fingerprint density at radius 3 is 0.673 bits per heavy atom. The van der Waals surface area contributed by atoms with E-state index < -0.39 is 833 Å². The molecule has 0 fully saturated rings. The highest BCUT2D eigenvalue weighted by atomic mass is 16.3. The number of fused-ring (bicyclic) bond motifs is 25. The first kappa shape index (κ1) is 34.5. The van der Waals surface area contributed by atoms with E-state index in [-0.39, 0.29) is 5.39 Å². The molecule has 0 spiro atoms. The molecule has 3 heterocycles.